The highest BCUT2D eigenvalue weighted by molar-refractivity contribution is 6.30. The lowest BCUT2D eigenvalue weighted by atomic mass is 9.90. The van der Waals surface area contributed by atoms with Crippen molar-refractivity contribution in [2.45, 2.75) is 38.6 Å². The quantitative estimate of drug-likeness (QED) is 0.280. The first-order chi connectivity index (χ1) is 18.9. The average molecular weight is 542 g/mol. The van der Waals surface area contributed by atoms with Crippen LogP contribution >= 0.6 is 11.6 Å². The highest BCUT2D eigenvalue weighted by Crippen LogP contribution is 2.36. The summed E-state index contributed by atoms with van der Waals surface area (Å²) in [5, 5.41) is 10.8. The van der Waals surface area contributed by atoms with Gasteiger partial charge >= 0.3 is 5.97 Å². The van der Waals surface area contributed by atoms with E-state index in [1.54, 1.807) is 36.4 Å². The number of carboxylic acid groups (broad SMARTS) is 1. The number of rotatable bonds is 8. The summed E-state index contributed by atoms with van der Waals surface area (Å²) in [5.41, 5.74) is 4.23. The maximum absolute atomic E-state index is 14.0. The number of carboxylic acids is 1. The fraction of sp³-hybridized carbons (Fsp3) is 0.188. The highest BCUT2D eigenvalue weighted by Gasteiger charge is 2.40. The maximum Gasteiger partial charge on any atom is 0.326 e. The molecule has 39 heavy (non-hydrogen) atoms. The number of halogens is 1. The number of aliphatic carboxylic acids is 1. The van der Waals surface area contributed by atoms with Gasteiger partial charge in [0, 0.05) is 29.1 Å². The summed E-state index contributed by atoms with van der Waals surface area (Å²) < 4.78 is 12.4. The minimum absolute atomic E-state index is 0.125. The molecule has 0 saturated carbocycles. The Hall–Kier alpha value is -4.29. The Morgan fingerprint density at radius 3 is 2.28 bits per heavy atom. The van der Waals surface area contributed by atoms with Gasteiger partial charge in [-0.25, -0.2) is 4.79 Å². The summed E-state index contributed by atoms with van der Waals surface area (Å²) in [4.78, 5) is 28.0. The van der Waals surface area contributed by atoms with E-state index in [-0.39, 0.29) is 13.0 Å². The van der Waals surface area contributed by atoms with Crippen molar-refractivity contribution in [1.29, 1.82) is 0 Å². The molecule has 1 amide bonds. The molecule has 7 heteroatoms. The molecule has 1 aliphatic heterocycles. The predicted molar refractivity (Wildman–Crippen MR) is 149 cm³/mol. The van der Waals surface area contributed by atoms with Crippen LogP contribution in [0.25, 0.3) is 0 Å². The lowest BCUT2D eigenvalue weighted by molar-refractivity contribution is -0.155. The van der Waals surface area contributed by atoms with Gasteiger partial charge in [0.25, 0.3) is 5.91 Å². The summed E-state index contributed by atoms with van der Waals surface area (Å²) >= 11 is 6.03. The Morgan fingerprint density at radius 1 is 0.949 bits per heavy atom. The van der Waals surface area contributed by atoms with E-state index in [1.165, 1.54) is 4.90 Å². The van der Waals surface area contributed by atoms with Crippen molar-refractivity contribution < 1.29 is 24.2 Å². The van der Waals surface area contributed by atoms with Crippen molar-refractivity contribution in [3.8, 4) is 11.5 Å². The molecule has 0 saturated heterocycles. The van der Waals surface area contributed by atoms with Crippen LogP contribution in [0, 0.1) is 6.92 Å². The lowest BCUT2D eigenvalue weighted by Gasteiger charge is -2.37. The molecule has 0 aromatic heterocycles. The van der Waals surface area contributed by atoms with E-state index >= 15 is 0 Å². The van der Waals surface area contributed by atoms with Crippen molar-refractivity contribution in [2.75, 3.05) is 0 Å². The number of amides is 1. The van der Waals surface area contributed by atoms with E-state index in [0.29, 0.717) is 28.7 Å². The fourth-order valence-electron chi connectivity index (χ4n) is 4.83. The topological polar surface area (TPSA) is 76.1 Å². The van der Waals surface area contributed by atoms with Gasteiger partial charge in [0.15, 0.2) is 0 Å². The van der Waals surface area contributed by atoms with Crippen LogP contribution in [-0.2, 0) is 29.2 Å². The van der Waals surface area contributed by atoms with Crippen LogP contribution in [0.15, 0.2) is 97.1 Å². The van der Waals surface area contributed by atoms with Gasteiger partial charge in [-0.3, -0.25) is 4.79 Å². The number of benzene rings is 4. The molecular formula is C32H28ClNO5. The van der Waals surface area contributed by atoms with Crippen LogP contribution in [0.1, 0.15) is 33.9 Å². The smallest absolute Gasteiger partial charge is 0.326 e. The molecule has 0 bridgehead atoms. The van der Waals surface area contributed by atoms with E-state index < -0.39 is 24.0 Å². The van der Waals surface area contributed by atoms with Crippen LogP contribution < -0.4 is 9.47 Å². The monoisotopic (exact) mass is 541 g/mol. The molecule has 4 aromatic carbocycles. The van der Waals surface area contributed by atoms with Crippen LogP contribution in [0.5, 0.6) is 11.5 Å². The standard InChI is InChI=1S/C32H28ClNO5/c1-21-12-13-24-19-34(28(32(36)37)18-27(24)29(21)38-20-22-8-4-2-5-9-22)31(35)30(23-10-6-3-7-11-23)39-26-16-14-25(33)15-17-26/h2-17,28,30H,18-20H2,1H3,(H,36,37)/t28-,30+/m1/s1. The van der Waals surface area contributed by atoms with E-state index in [4.69, 9.17) is 21.1 Å². The van der Waals surface area contributed by atoms with Crippen LogP contribution in [0.4, 0.5) is 0 Å². The van der Waals surface area contributed by atoms with Gasteiger partial charge in [-0.1, -0.05) is 84.4 Å². The van der Waals surface area contributed by atoms with Gasteiger partial charge in [-0.2, -0.15) is 0 Å². The molecule has 2 atom stereocenters. The third kappa shape index (κ3) is 5.91. The third-order valence-corrected chi connectivity index (χ3v) is 7.11. The number of ether oxygens (including phenoxy) is 2. The largest absolute Gasteiger partial charge is 0.488 e. The van der Waals surface area contributed by atoms with E-state index in [2.05, 4.69) is 0 Å². The number of nitrogens with zero attached hydrogens (tertiary/aromatic N) is 1. The van der Waals surface area contributed by atoms with Crippen molar-refractivity contribution in [2.24, 2.45) is 0 Å². The Kier molecular flexibility index (Phi) is 7.84. The number of hydrogen-bond acceptors (Lipinski definition) is 4. The summed E-state index contributed by atoms with van der Waals surface area (Å²) in [6.07, 6.45) is -0.903. The van der Waals surface area contributed by atoms with Crippen LogP contribution in [0.2, 0.25) is 5.02 Å². The highest BCUT2D eigenvalue weighted by atomic mass is 35.5. The molecule has 0 aliphatic carbocycles. The first-order valence-corrected chi connectivity index (χ1v) is 13.1. The second-order valence-electron chi connectivity index (χ2n) is 9.51. The summed E-state index contributed by atoms with van der Waals surface area (Å²) in [6.45, 7) is 2.43. The Labute approximate surface area is 232 Å². The summed E-state index contributed by atoms with van der Waals surface area (Å²) in [5.74, 6) is -0.380. The van der Waals surface area contributed by atoms with Crippen LogP contribution in [0.3, 0.4) is 0 Å². The minimum Gasteiger partial charge on any atom is -0.488 e. The lowest BCUT2D eigenvalue weighted by Crippen LogP contribution is -2.51. The molecular weight excluding hydrogens is 514 g/mol. The summed E-state index contributed by atoms with van der Waals surface area (Å²) in [6, 6.07) is 28.4. The predicted octanol–water partition coefficient (Wildman–Crippen LogP) is 6.39. The molecule has 0 radical (unpaired) electrons. The van der Waals surface area contributed by atoms with Crippen molar-refractivity contribution in [1.82, 2.24) is 4.90 Å². The molecule has 5 rings (SSSR count). The van der Waals surface area contributed by atoms with E-state index in [1.807, 2.05) is 67.6 Å². The first kappa shape index (κ1) is 26.3. The normalized spacial score (nSPS) is 15.2. The van der Waals surface area contributed by atoms with E-state index in [9.17, 15) is 14.7 Å². The van der Waals surface area contributed by atoms with E-state index in [0.717, 1.165) is 22.3 Å². The second kappa shape index (κ2) is 11.6. The number of fused-ring (bicyclic) bond motifs is 1. The maximum atomic E-state index is 14.0. The van der Waals surface area contributed by atoms with Gasteiger partial charge < -0.3 is 19.5 Å². The van der Waals surface area contributed by atoms with Crippen molar-refractivity contribution in [3.05, 3.63) is 130 Å². The zero-order chi connectivity index (χ0) is 27.4. The molecule has 1 heterocycles. The molecule has 0 fully saturated rings. The molecule has 0 unspecified atom stereocenters. The molecule has 1 aliphatic rings. The number of carbonyl (C=O) groups excluding carboxylic acids is 1. The zero-order valence-electron chi connectivity index (χ0n) is 21.4. The Morgan fingerprint density at radius 2 is 1.62 bits per heavy atom. The van der Waals surface area contributed by atoms with Gasteiger partial charge in [0.2, 0.25) is 6.10 Å². The molecule has 4 aromatic rings. The zero-order valence-corrected chi connectivity index (χ0v) is 22.2. The molecule has 6 nitrogen and oxygen atoms in total. The number of hydrogen-bond donors (Lipinski definition) is 1. The van der Waals surface area contributed by atoms with Gasteiger partial charge in [-0.05, 0) is 47.9 Å². The number of aryl methyl sites for hydroxylation is 1. The second-order valence-corrected chi connectivity index (χ2v) is 9.95. The Bertz CT molecular complexity index is 1460. The Balaban J connectivity index is 1.47. The molecule has 0 spiro atoms. The minimum atomic E-state index is -1.08. The molecule has 198 valence electrons. The fourth-order valence-corrected chi connectivity index (χ4v) is 4.95. The van der Waals surface area contributed by atoms with Crippen LogP contribution in [-0.4, -0.2) is 27.9 Å². The van der Waals surface area contributed by atoms with Crippen molar-refractivity contribution in [3.63, 3.8) is 0 Å². The third-order valence-electron chi connectivity index (χ3n) is 6.86. The SMILES string of the molecule is Cc1ccc2c(c1OCc1ccccc1)C[C@H](C(=O)O)N(C(=O)[C@@H](Oc1ccc(Cl)cc1)c1ccccc1)C2. The average Bonchev–Trinajstić information content (AvgIpc) is 2.96. The number of carbonyl (C=O) groups is 2. The van der Waals surface area contributed by atoms with Gasteiger partial charge in [0.1, 0.15) is 24.1 Å². The van der Waals surface area contributed by atoms with Gasteiger partial charge in [0.05, 0.1) is 0 Å². The summed E-state index contributed by atoms with van der Waals surface area (Å²) in [7, 11) is 0. The first-order valence-electron chi connectivity index (χ1n) is 12.7. The molecule has 1 N–H and O–H groups in total. The van der Waals surface area contributed by atoms with Gasteiger partial charge in [-0.15, -0.1) is 0 Å². The van der Waals surface area contributed by atoms with Crippen molar-refractivity contribution >= 4 is 23.5 Å².